The first-order valence-corrected chi connectivity index (χ1v) is 11.6. The van der Waals surface area contributed by atoms with E-state index in [-0.39, 0.29) is 5.41 Å². The minimum Gasteiger partial charge on any atom is -0.475 e. The van der Waals surface area contributed by atoms with Crippen LogP contribution in [0.25, 0.3) is 0 Å². The molecular weight excluding hydrogens is 532 g/mol. The summed E-state index contributed by atoms with van der Waals surface area (Å²) in [6.45, 7) is 5.85. The third-order valence-corrected chi connectivity index (χ3v) is 6.56. The molecule has 0 radical (unpaired) electrons. The highest BCUT2D eigenvalue weighted by molar-refractivity contribution is 7.08. The van der Waals surface area contributed by atoms with Crippen molar-refractivity contribution in [3.05, 3.63) is 46.9 Å². The molecule has 204 valence electrons. The number of carboxylic acids is 2. The van der Waals surface area contributed by atoms with Gasteiger partial charge in [-0.3, -0.25) is 14.7 Å². The van der Waals surface area contributed by atoms with Crippen molar-refractivity contribution in [2.45, 2.75) is 32.2 Å². The molecule has 37 heavy (non-hydrogen) atoms. The van der Waals surface area contributed by atoms with Crippen LogP contribution in [0.4, 0.5) is 32.0 Å². The van der Waals surface area contributed by atoms with Gasteiger partial charge in [0.1, 0.15) is 0 Å². The largest absolute Gasteiger partial charge is 0.490 e. The van der Waals surface area contributed by atoms with E-state index in [2.05, 4.69) is 40.4 Å². The number of carbonyl (C=O) groups is 3. The summed E-state index contributed by atoms with van der Waals surface area (Å²) >= 11 is 1.65. The number of likely N-dealkylation sites (tertiary alicyclic amines) is 1. The average molecular weight is 555 g/mol. The number of aliphatic carboxylic acids is 2. The zero-order chi connectivity index (χ0) is 28.0. The van der Waals surface area contributed by atoms with Crippen LogP contribution in [-0.4, -0.2) is 69.9 Å². The Bertz CT molecular complexity index is 1040. The topological polar surface area (TPSA) is 111 Å². The smallest absolute Gasteiger partial charge is 0.475 e. The number of hydrogen-bond donors (Lipinski definition) is 2. The fourth-order valence-electron chi connectivity index (χ4n) is 4.10. The van der Waals surface area contributed by atoms with Gasteiger partial charge in [0.05, 0.1) is 11.1 Å². The van der Waals surface area contributed by atoms with Crippen molar-refractivity contribution >= 4 is 34.9 Å². The fraction of sp³-hybridized carbons (Fsp3) is 0.455. The van der Waals surface area contributed by atoms with Crippen LogP contribution < -0.4 is 4.90 Å². The van der Waals surface area contributed by atoms with Gasteiger partial charge in [0.25, 0.3) is 0 Å². The molecule has 2 aliphatic heterocycles. The second-order valence-electron chi connectivity index (χ2n) is 8.38. The number of anilines is 1. The number of carboxylic acid groups (broad SMARTS) is 2. The summed E-state index contributed by atoms with van der Waals surface area (Å²) in [6.07, 6.45) is -5.52. The summed E-state index contributed by atoms with van der Waals surface area (Å²) in [7, 11) is 0. The van der Waals surface area contributed by atoms with E-state index in [1.54, 1.807) is 11.3 Å². The molecule has 2 N–H and O–H groups in total. The lowest BCUT2D eigenvalue weighted by Crippen LogP contribution is -2.39. The van der Waals surface area contributed by atoms with Crippen molar-refractivity contribution in [3.8, 4) is 0 Å². The molecule has 1 amide bonds. The zero-order valence-corrected chi connectivity index (χ0v) is 20.1. The maximum Gasteiger partial charge on any atom is 0.490 e. The predicted molar refractivity (Wildman–Crippen MR) is 120 cm³/mol. The standard InChI is InChI=1S/C18H21N3OS.2C2HF3O2/c1-14-10-20(11-15-2-6-19-7-3-15)13-18(14)5-8-21(17(18)22)16-4-9-23-12-16;2*3-2(4,5)1(6)7/h2-4,6-7,9,12,14H,5,8,10-11,13H2,1H3;2*(H,6,7)/t14-,18-;;/m1../s1. The van der Waals surface area contributed by atoms with E-state index in [4.69, 9.17) is 19.8 Å². The van der Waals surface area contributed by atoms with Gasteiger partial charge in [-0.2, -0.15) is 37.7 Å². The molecule has 0 aromatic carbocycles. The second kappa shape index (κ2) is 11.9. The molecule has 2 saturated heterocycles. The van der Waals surface area contributed by atoms with Crippen LogP contribution >= 0.6 is 11.3 Å². The number of aromatic nitrogens is 1. The van der Waals surface area contributed by atoms with Gasteiger partial charge in [0, 0.05) is 44.0 Å². The molecule has 0 saturated carbocycles. The monoisotopic (exact) mass is 555 g/mol. The molecule has 2 fully saturated rings. The molecule has 0 bridgehead atoms. The van der Waals surface area contributed by atoms with Crippen LogP contribution in [0.2, 0.25) is 0 Å². The van der Waals surface area contributed by atoms with Gasteiger partial charge in [0.15, 0.2) is 0 Å². The molecule has 4 rings (SSSR count). The third-order valence-electron chi connectivity index (χ3n) is 5.89. The first-order chi connectivity index (χ1) is 17.1. The lowest BCUT2D eigenvalue weighted by atomic mass is 9.78. The Hall–Kier alpha value is -3.20. The number of carbonyl (C=O) groups excluding carboxylic acids is 1. The van der Waals surface area contributed by atoms with Crippen molar-refractivity contribution in [2.75, 3.05) is 24.5 Å². The number of pyridine rings is 1. The molecule has 1 spiro atoms. The van der Waals surface area contributed by atoms with Gasteiger partial charge in [-0.15, -0.1) is 0 Å². The lowest BCUT2D eigenvalue weighted by Gasteiger charge is -2.26. The predicted octanol–water partition coefficient (Wildman–Crippen LogP) is 4.28. The molecule has 4 heterocycles. The highest BCUT2D eigenvalue weighted by atomic mass is 32.1. The summed E-state index contributed by atoms with van der Waals surface area (Å²) in [4.78, 5) is 39.4. The normalized spacial score (nSPS) is 21.8. The zero-order valence-electron chi connectivity index (χ0n) is 19.3. The highest BCUT2D eigenvalue weighted by Crippen LogP contribution is 2.46. The van der Waals surface area contributed by atoms with Crippen molar-refractivity contribution in [1.82, 2.24) is 9.88 Å². The third kappa shape index (κ3) is 7.89. The number of hydrogen-bond acceptors (Lipinski definition) is 6. The second-order valence-corrected chi connectivity index (χ2v) is 9.16. The first kappa shape index (κ1) is 30.0. The summed E-state index contributed by atoms with van der Waals surface area (Å²) in [5, 5.41) is 18.4. The Morgan fingerprint density at radius 3 is 2.08 bits per heavy atom. The van der Waals surface area contributed by atoms with E-state index in [9.17, 15) is 31.1 Å². The highest BCUT2D eigenvalue weighted by Gasteiger charge is 2.55. The Labute approximate surface area is 211 Å². The molecule has 0 unspecified atom stereocenters. The number of halogens is 6. The number of rotatable bonds is 3. The molecule has 8 nitrogen and oxygen atoms in total. The maximum absolute atomic E-state index is 13.1. The Balaban J connectivity index is 0.000000286. The van der Waals surface area contributed by atoms with Crippen LogP contribution in [0.5, 0.6) is 0 Å². The molecule has 15 heteroatoms. The van der Waals surface area contributed by atoms with Gasteiger partial charge in [-0.05, 0) is 41.5 Å². The van der Waals surface area contributed by atoms with E-state index in [0.717, 1.165) is 38.3 Å². The Kier molecular flexibility index (Phi) is 9.66. The van der Waals surface area contributed by atoms with Gasteiger partial charge in [-0.1, -0.05) is 6.92 Å². The van der Waals surface area contributed by atoms with Crippen LogP contribution in [-0.2, 0) is 20.9 Å². The van der Waals surface area contributed by atoms with Crippen molar-refractivity contribution in [2.24, 2.45) is 11.3 Å². The summed E-state index contributed by atoms with van der Waals surface area (Å²) < 4.78 is 63.5. The van der Waals surface area contributed by atoms with Crippen molar-refractivity contribution in [3.63, 3.8) is 0 Å². The van der Waals surface area contributed by atoms with Crippen molar-refractivity contribution < 1.29 is 50.9 Å². The average Bonchev–Trinajstić information content (AvgIpc) is 3.50. The maximum atomic E-state index is 13.1. The van der Waals surface area contributed by atoms with E-state index in [1.807, 2.05) is 22.7 Å². The summed E-state index contributed by atoms with van der Waals surface area (Å²) in [5.74, 6) is -4.79. The SMILES string of the molecule is C[C@@H]1CN(Cc2ccncc2)C[C@]12CCN(c1ccsc1)C2=O.O=C(O)C(F)(F)F.O=C(O)C(F)(F)F. The molecule has 2 aliphatic rings. The van der Waals surface area contributed by atoms with Crippen LogP contribution in [0.3, 0.4) is 0 Å². The Morgan fingerprint density at radius 1 is 1.08 bits per heavy atom. The van der Waals surface area contributed by atoms with Gasteiger partial charge in [-0.25, -0.2) is 9.59 Å². The molecule has 0 aliphatic carbocycles. The fourth-order valence-corrected chi connectivity index (χ4v) is 4.74. The van der Waals surface area contributed by atoms with Crippen LogP contribution in [0.15, 0.2) is 41.4 Å². The van der Waals surface area contributed by atoms with Crippen LogP contribution in [0.1, 0.15) is 18.9 Å². The van der Waals surface area contributed by atoms with Gasteiger partial charge >= 0.3 is 24.3 Å². The van der Waals surface area contributed by atoms with Gasteiger partial charge in [0.2, 0.25) is 5.91 Å². The summed E-state index contributed by atoms with van der Waals surface area (Å²) in [5.41, 5.74) is 2.13. The van der Waals surface area contributed by atoms with E-state index < -0.39 is 24.3 Å². The van der Waals surface area contributed by atoms with E-state index in [0.29, 0.717) is 11.8 Å². The van der Waals surface area contributed by atoms with E-state index >= 15 is 0 Å². The number of amides is 1. The quantitative estimate of drug-likeness (QED) is 0.544. The lowest BCUT2D eigenvalue weighted by molar-refractivity contribution is -0.193. The number of alkyl halides is 6. The summed E-state index contributed by atoms with van der Waals surface area (Å²) in [6, 6.07) is 6.17. The molecule has 2 aromatic heterocycles. The molecular formula is C22H23F6N3O5S. The van der Waals surface area contributed by atoms with Crippen molar-refractivity contribution in [1.29, 1.82) is 0 Å². The molecule has 2 atom stereocenters. The van der Waals surface area contributed by atoms with E-state index in [1.165, 1.54) is 5.56 Å². The Morgan fingerprint density at radius 2 is 1.62 bits per heavy atom. The molecule has 2 aromatic rings. The minimum atomic E-state index is -5.08. The number of nitrogens with zero attached hydrogens (tertiary/aromatic N) is 3. The first-order valence-electron chi connectivity index (χ1n) is 10.6. The number of thiophene rings is 1. The van der Waals surface area contributed by atoms with Crippen LogP contribution in [0, 0.1) is 11.3 Å². The van der Waals surface area contributed by atoms with Gasteiger partial charge < -0.3 is 15.1 Å². The minimum absolute atomic E-state index is 0.199.